The van der Waals surface area contributed by atoms with Gasteiger partial charge in [0.15, 0.2) is 0 Å². The van der Waals surface area contributed by atoms with Gasteiger partial charge in [-0.2, -0.15) is 0 Å². The van der Waals surface area contributed by atoms with Crippen molar-refractivity contribution in [2.75, 3.05) is 0 Å². The fourth-order valence-electron chi connectivity index (χ4n) is 1.65. The van der Waals surface area contributed by atoms with Crippen LogP contribution in [0.2, 0.25) is 0 Å². The summed E-state index contributed by atoms with van der Waals surface area (Å²) in [6, 6.07) is 5.63. The average molecular weight is 221 g/mol. The van der Waals surface area contributed by atoms with Crippen LogP contribution in [-0.4, -0.2) is 5.11 Å². The van der Waals surface area contributed by atoms with Crippen LogP contribution >= 0.6 is 0 Å². The van der Waals surface area contributed by atoms with Gasteiger partial charge in [0, 0.05) is 11.6 Å². The Kier molecular flexibility index (Phi) is 3.64. The fraction of sp³-hybridized carbons (Fsp3) is 0.571. The van der Waals surface area contributed by atoms with Crippen LogP contribution in [0, 0.1) is 5.92 Å². The molecule has 90 valence electrons. The van der Waals surface area contributed by atoms with E-state index in [1.54, 1.807) is 6.07 Å². The SMILES string of the molecule is CC(C)[C@H](N)c1cc(C(C)(C)C)ccc1O. The summed E-state index contributed by atoms with van der Waals surface area (Å²) in [4.78, 5) is 0. The van der Waals surface area contributed by atoms with Gasteiger partial charge in [-0.1, -0.05) is 46.8 Å². The third kappa shape index (κ3) is 2.76. The van der Waals surface area contributed by atoms with E-state index in [0.29, 0.717) is 11.7 Å². The first-order chi connectivity index (χ1) is 7.23. The van der Waals surface area contributed by atoms with Crippen molar-refractivity contribution < 1.29 is 5.11 Å². The van der Waals surface area contributed by atoms with E-state index in [0.717, 1.165) is 5.56 Å². The van der Waals surface area contributed by atoms with Gasteiger partial charge in [0.05, 0.1) is 0 Å². The lowest BCUT2D eigenvalue weighted by molar-refractivity contribution is 0.438. The van der Waals surface area contributed by atoms with Crippen molar-refractivity contribution in [2.24, 2.45) is 11.7 Å². The normalized spacial score (nSPS) is 14.2. The molecule has 0 aliphatic carbocycles. The van der Waals surface area contributed by atoms with Crippen molar-refractivity contribution in [1.29, 1.82) is 0 Å². The Labute approximate surface area is 98.5 Å². The fourth-order valence-corrected chi connectivity index (χ4v) is 1.65. The van der Waals surface area contributed by atoms with Gasteiger partial charge in [-0.15, -0.1) is 0 Å². The van der Waals surface area contributed by atoms with Gasteiger partial charge in [-0.05, 0) is 23.0 Å². The third-order valence-corrected chi connectivity index (χ3v) is 2.97. The smallest absolute Gasteiger partial charge is 0.120 e. The zero-order valence-electron chi connectivity index (χ0n) is 10.9. The minimum absolute atomic E-state index is 0.0825. The van der Waals surface area contributed by atoms with Crippen LogP contribution in [0.5, 0.6) is 5.75 Å². The standard InChI is InChI=1S/C14H23NO/c1-9(2)13(15)11-8-10(14(3,4)5)6-7-12(11)16/h6-9,13,16H,15H2,1-5H3/t13-/m0/s1. The molecule has 0 aliphatic rings. The lowest BCUT2D eigenvalue weighted by atomic mass is 9.84. The Morgan fingerprint density at radius 3 is 2.19 bits per heavy atom. The largest absolute Gasteiger partial charge is 0.508 e. The third-order valence-electron chi connectivity index (χ3n) is 2.97. The second-order valence-corrected chi connectivity index (χ2v) is 5.79. The molecule has 1 rings (SSSR count). The zero-order chi connectivity index (χ0) is 12.5. The monoisotopic (exact) mass is 221 g/mol. The predicted molar refractivity (Wildman–Crippen MR) is 68.6 cm³/mol. The summed E-state index contributed by atoms with van der Waals surface area (Å²) in [6.07, 6.45) is 0. The molecule has 16 heavy (non-hydrogen) atoms. The molecule has 1 atom stereocenters. The van der Waals surface area contributed by atoms with Gasteiger partial charge in [0.1, 0.15) is 5.75 Å². The van der Waals surface area contributed by atoms with Crippen molar-refractivity contribution >= 4 is 0 Å². The molecule has 0 radical (unpaired) electrons. The minimum atomic E-state index is -0.109. The second kappa shape index (κ2) is 4.46. The summed E-state index contributed by atoms with van der Waals surface area (Å²) >= 11 is 0. The molecule has 3 N–H and O–H groups in total. The molecule has 0 spiro atoms. The Hall–Kier alpha value is -1.02. The number of phenolic OH excluding ortho intramolecular Hbond substituents is 1. The summed E-state index contributed by atoms with van der Waals surface area (Å²) in [7, 11) is 0. The summed E-state index contributed by atoms with van der Waals surface area (Å²) in [6.45, 7) is 10.6. The van der Waals surface area contributed by atoms with Crippen LogP contribution in [-0.2, 0) is 5.41 Å². The van der Waals surface area contributed by atoms with Crippen molar-refractivity contribution in [3.8, 4) is 5.75 Å². The van der Waals surface area contributed by atoms with Gasteiger partial charge in [0.2, 0.25) is 0 Å². The van der Waals surface area contributed by atoms with E-state index in [9.17, 15) is 5.11 Å². The first-order valence-corrected chi connectivity index (χ1v) is 5.82. The highest BCUT2D eigenvalue weighted by atomic mass is 16.3. The van der Waals surface area contributed by atoms with Gasteiger partial charge in [-0.3, -0.25) is 0 Å². The van der Waals surface area contributed by atoms with E-state index in [2.05, 4.69) is 34.6 Å². The van der Waals surface area contributed by atoms with Crippen molar-refractivity contribution in [3.63, 3.8) is 0 Å². The molecule has 0 unspecified atom stereocenters. The van der Waals surface area contributed by atoms with E-state index in [-0.39, 0.29) is 11.5 Å². The lowest BCUT2D eigenvalue weighted by Crippen LogP contribution is -2.18. The van der Waals surface area contributed by atoms with Crippen LogP contribution < -0.4 is 5.73 Å². The highest BCUT2D eigenvalue weighted by Gasteiger charge is 2.19. The number of benzene rings is 1. The summed E-state index contributed by atoms with van der Waals surface area (Å²) in [5, 5.41) is 9.84. The van der Waals surface area contributed by atoms with Gasteiger partial charge in [0.25, 0.3) is 0 Å². The van der Waals surface area contributed by atoms with Crippen LogP contribution in [0.25, 0.3) is 0 Å². The maximum atomic E-state index is 9.84. The van der Waals surface area contributed by atoms with Gasteiger partial charge >= 0.3 is 0 Å². The summed E-state index contributed by atoms with van der Waals surface area (Å²) in [5.41, 5.74) is 8.23. The molecular formula is C14H23NO. The Balaban J connectivity index is 3.19. The first kappa shape index (κ1) is 13.0. The van der Waals surface area contributed by atoms with Crippen LogP contribution in [0.3, 0.4) is 0 Å². The molecular weight excluding hydrogens is 198 g/mol. The average Bonchev–Trinajstić information content (AvgIpc) is 2.15. The molecule has 0 heterocycles. The Morgan fingerprint density at radius 2 is 1.75 bits per heavy atom. The maximum absolute atomic E-state index is 9.84. The van der Waals surface area contributed by atoms with E-state index >= 15 is 0 Å². The molecule has 0 amide bonds. The topological polar surface area (TPSA) is 46.2 Å². The summed E-state index contributed by atoms with van der Waals surface area (Å²) in [5.74, 6) is 0.621. The van der Waals surface area contributed by atoms with E-state index < -0.39 is 0 Å². The van der Waals surface area contributed by atoms with Crippen LogP contribution in [0.15, 0.2) is 18.2 Å². The molecule has 1 aromatic carbocycles. The quantitative estimate of drug-likeness (QED) is 0.804. The second-order valence-electron chi connectivity index (χ2n) is 5.79. The van der Waals surface area contributed by atoms with Gasteiger partial charge < -0.3 is 10.8 Å². The lowest BCUT2D eigenvalue weighted by Gasteiger charge is -2.23. The first-order valence-electron chi connectivity index (χ1n) is 5.82. The number of nitrogens with two attached hydrogens (primary N) is 1. The maximum Gasteiger partial charge on any atom is 0.120 e. The van der Waals surface area contributed by atoms with Crippen molar-refractivity contribution in [2.45, 2.75) is 46.1 Å². The summed E-state index contributed by atoms with van der Waals surface area (Å²) < 4.78 is 0. The predicted octanol–water partition coefficient (Wildman–Crippen LogP) is 3.35. The van der Waals surface area contributed by atoms with Crippen molar-refractivity contribution in [3.05, 3.63) is 29.3 Å². The minimum Gasteiger partial charge on any atom is -0.508 e. The van der Waals surface area contributed by atoms with E-state index in [4.69, 9.17) is 5.73 Å². The van der Waals surface area contributed by atoms with E-state index in [1.807, 2.05) is 12.1 Å². The van der Waals surface area contributed by atoms with E-state index in [1.165, 1.54) is 5.56 Å². The molecule has 0 saturated heterocycles. The van der Waals surface area contributed by atoms with Crippen molar-refractivity contribution in [1.82, 2.24) is 0 Å². The zero-order valence-corrected chi connectivity index (χ0v) is 10.9. The number of phenols is 1. The molecule has 2 heteroatoms. The van der Waals surface area contributed by atoms with Crippen LogP contribution in [0.4, 0.5) is 0 Å². The molecule has 0 bridgehead atoms. The number of rotatable bonds is 2. The number of hydrogen-bond donors (Lipinski definition) is 2. The Morgan fingerprint density at radius 1 is 1.19 bits per heavy atom. The van der Waals surface area contributed by atoms with Gasteiger partial charge in [-0.25, -0.2) is 0 Å². The molecule has 0 fully saturated rings. The number of aromatic hydroxyl groups is 1. The highest BCUT2D eigenvalue weighted by molar-refractivity contribution is 5.40. The molecule has 2 nitrogen and oxygen atoms in total. The molecule has 1 aromatic rings. The highest BCUT2D eigenvalue weighted by Crippen LogP contribution is 2.32. The molecule has 0 aliphatic heterocycles. The molecule has 0 aromatic heterocycles. The van der Waals surface area contributed by atoms with Crippen LogP contribution in [0.1, 0.15) is 51.8 Å². The Bertz CT molecular complexity index is 363. The molecule has 0 saturated carbocycles. The number of hydrogen-bond acceptors (Lipinski definition) is 2.